The summed E-state index contributed by atoms with van der Waals surface area (Å²) in [5, 5.41) is 12.7. The molecule has 0 unspecified atom stereocenters. The van der Waals surface area contributed by atoms with Crippen molar-refractivity contribution in [1.82, 2.24) is 0 Å². The molecule has 0 saturated carbocycles. The molecule has 1 heteroatoms. The van der Waals surface area contributed by atoms with Crippen molar-refractivity contribution in [2.75, 3.05) is 0 Å². The van der Waals surface area contributed by atoms with Crippen LogP contribution >= 0.6 is 0 Å². The molecular weight excluding hydrogens is 278 g/mol. The van der Waals surface area contributed by atoms with Gasteiger partial charge in [-0.25, -0.2) is 0 Å². The van der Waals surface area contributed by atoms with Crippen LogP contribution in [0.5, 0.6) is 0 Å². The van der Waals surface area contributed by atoms with Crippen LogP contribution in [0.15, 0.2) is 72.8 Å². The number of quaternary nitrogens is 1. The summed E-state index contributed by atoms with van der Waals surface area (Å²) < 4.78 is 0. The molecule has 23 heavy (non-hydrogen) atoms. The van der Waals surface area contributed by atoms with E-state index in [1.54, 1.807) is 0 Å². The molecule has 0 atom stereocenters. The highest BCUT2D eigenvalue weighted by Gasteiger charge is 2.05. The van der Waals surface area contributed by atoms with E-state index in [2.05, 4.69) is 90.5 Å². The van der Waals surface area contributed by atoms with Crippen LogP contribution in [0.2, 0.25) is 0 Å². The van der Waals surface area contributed by atoms with Gasteiger partial charge in [-0.3, -0.25) is 5.32 Å². The van der Waals surface area contributed by atoms with Gasteiger partial charge in [0.05, 0.1) is 0 Å². The van der Waals surface area contributed by atoms with Gasteiger partial charge >= 0.3 is 0 Å². The zero-order valence-electron chi connectivity index (χ0n) is 12.7. The van der Waals surface area contributed by atoms with Gasteiger partial charge in [-0.15, -0.1) is 0 Å². The molecule has 5 rings (SSSR count). The van der Waals surface area contributed by atoms with Crippen molar-refractivity contribution in [3.05, 3.63) is 93.7 Å². The van der Waals surface area contributed by atoms with E-state index in [0.29, 0.717) is 0 Å². The molecule has 0 spiro atoms. The fraction of sp³-hybridized carbons (Fsp3) is 0. The van der Waals surface area contributed by atoms with Crippen LogP contribution in [0.4, 0.5) is 0 Å². The van der Waals surface area contributed by atoms with Crippen molar-refractivity contribution in [2.24, 2.45) is 0 Å². The topological polar surface area (TPSA) is 16.6 Å². The number of nitrogens with two attached hydrogens (primary N) is 1. The summed E-state index contributed by atoms with van der Waals surface area (Å²) in [6.45, 7) is 0. The molecular formula is C22H16N+. The van der Waals surface area contributed by atoms with E-state index in [4.69, 9.17) is 0 Å². The second kappa shape index (κ2) is 4.80. The lowest BCUT2D eigenvalue weighted by Gasteiger charge is -2.02. The number of hydrogen-bond acceptors (Lipinski definition) is 0. The third-order valence-electron chi connectivity index (χ3n) is 4.72. The second-order valence-electron chi connectivity index (χ2n) is 6.03. The molecule has 4 aromatic carbocycles. The standard InChI is InChI=1S/C22H15N/c1-3-7-19-15(5-1)9-11-17-13-23-14-18-12-10-16-6-2-4-8-20(16)22(18)21(17)19/h1-14,23H/p+1. The first kappa shape index (κ1) is 12.6. The average Bonchev–Trinajstić information content (AvgIpc) is 2.81. The molecule has 0 aliphatic carbocycles. The fourth-order valence-corrected chi connectivity index (χ4v) is 3.67. The molecule has 2 N–H and O–H groups in total. The van der Waals surface area contributed by atoms with Crippen molar-refractivity contribution < 1.29 is 5.32 Å². The van der Waals surface area contributed by atoms with Crippen molar-refractivity contribution >= 4 is 33.9 Å². The molecule has 1 nitrogen and oxygen atoms in total. The molecule has 0 fully saturated rings. The minimum atomic E-state index is 1.29. The first-order valence-electron chi connectivity index (χ1n) is 7.97. The Kier molecular flexibility index (Phi) is 2.64. The van der Waals surface area contributed by atoms with E-state index in [0.717, 1.165) is 0 Å². The maximum Gasteiger partial charge on any atom is 0.105 e. The normalized spacial score (nSPS) is 12.9. The minimum absolute atomic E-state index is 1.29. The molecule has 0 radical (unpaired) electrons. The molecule has 1 aliphatic rings. The smallest absolute Gasteiger partial charge is 0.105 e. The minimum Gasteiger partial charge on any atom is -0.293 e. The van der Waals surface area contributed by atoms with Crippen LogP contribution in [0, 0.1) is 10.4 Å². The quantitative estimate of drug-likeness (QED) is 0.513. The Morgan fingerprint density at radius 3 is 1.48 bits per heavy atom. The van der Waals surface area contributed by atoms with Crippen LogP contribution in [0.25, 0.3) is 33.9 Å². The summed E-state index contributed by atoms with van der Waals surface area (Å²) in [5.74, 6) is 0. The van der Waals surface area contributed by atoms with Crippen LogP contribution in [-0.2, 0) is 0 Å². The van der Waals surface area contributed by atoms with Crippen molar-refractivity contribution in [3.63, 3.8) is 0 Å². The Labute approximate surface area is 133 Å². The van der Waals surface area contributed by atoms with Crippen LogP contribution in [0.1, 0.15) is 0 Å². The second-order valence-corrected chi connectivity index (χ2v) is 6.03. The third kappa shape index (κ3) is 1.84. The lowest BCUT2D eigenvalue weighted by molar-refractivity contribution is -0.436. The zero-order valence-corrected chi connectivity index (χ0v) is 12.7. The highest BCUT2D eigenvalue weighted by Crippen LogP contribution is 2.17. The van der Waals surface area contributed by atoms with E-state index < -0.39 is 0 Å². The lowest BCUT2D eigenvalue weighted by atomic mass is 10.0. The van der Waals surface area contributed by atoms with Gasteiger partial charge in [0, 0.05) is 20.9 Å². The molecule has 0 aromatic heterocycles. The Hall–Kier alpha value is -2.90. The maximum atomic E-state index is 2.24. The highest BCUT2D eigenvalue weighted by atomic mass is 14.8. The van der Waals surface area contributed by atoms with E-state index in [9.17, 15) is 0 Å². The monoisotopic (exact) mass is 294 g/mol. The first-order chi connectivity index (χ1) is 11.4. The van der Waals surface area contributed by atoms with Gasteiger partial charge in [0.2, 0.25) is 0 Å². The molecule has 1 heterocycles. The number of hydrogen-bond donors (Lipinski definition) is 1. The van der Waals surface area contributed by atoms with E-state index >= 15 is 0 Å². The summed E-state index contributed by atoms with van der Waals surface area (Å²) >= 11 is 0. The summed E-state index contributed by atoms with van der Waals surface area (Å²) in [5.41, 5.74) is 0. The van der Waals surface area contributed by atoms with Crippen molar-refractivity contribution in [3.8, 4) is 0 Å². The van der Waals surface area contributed by atoms with E-state index in [1.807, 2.05) is 0 Å². The van der Waals surface area contributed by atoms with Gasteiger partial charge in [-0.2, -0.15) is 0 Å². The third-order valence-corrected chi connectivity index (χ3v) is 4.72. The number of rotatable bonds is 0. The summed E-state index contributed by atoms with van der Waals surface area (Å²) in [6.07, 6.45) is 4.44. The predicted octanol–water partition coefficient (Wildman–Crippen LogP) is 2.33. The summed E-state index contributed by atoms with van der Waals surface area (Å²) in [4.78, 5) is 0. The largest absolute Gasteiger partial charge is 0.293 e. The zero-order chi connectivity index (χ0) is 15.2. The molecule has 0 bridgehead atoms. The van der Waals surface area contributed by atoms with Gasteiger partial charge in [0.15, 0.2) is 0 Å². The lowest BCUT2D eigenvalue weighted by Crippen LogP contribution is -2.71. The van der Waals surface area contributed by atoms with Gasteiger partial charge in [0.1, 0.15) is 12.4 Å². The molecule has 4 aromatic rings. The number of fused-ring (bicyclic) bond motifs is 6. The highest BCUT2D eigenvalue weighted by molar-refractivity contribution is 5.87. The number of benzene rings is 4. The van der Waals surface area contributed by atoms with Gasteiger partial charge in [-0.05, 0) is 33.7 Å². The Bertz CT molecular complexity index is 1180. The van der Waals surface area contributed by atoms with Gasteiger partial charge in [-0.1, -0.05) is 60.7 Å². The molecule has 108 valence electrons. The molecule has 0 amide bonds. The summed E-state index contributed by atoms with van der Waals surface area (Å²) in [6, 6.07) is 26.2. The van der Waals surface area contributed by atoms with Crippen LogP contribution < -0.4 is 15.8 Å². The van der Waals surface area contributed by atoms with Crippen LogP contribution in [-0.4, -0.2) is 0 Å². The van der Waals surface area contributed by atoms with Gasteiger partial charge < -0.3 is 0 Å². The average molecular weight is 294 g/mol. The van der Waals surface area contributed by atoms with Crippen molar-refractivity contribution in [1.29, 1.82) is 0 Å². The Morgan fingerprint density at radius 1 is 0.478 bits per heavy atom. The van der Waals surface area contributed by atoms with Crippen LogP contribution in [0.3, 0.4) is 0 Å². The Morgan fingerprint density at radius 2 is 0.957 bits per heavy atom. The molecule has 0 saturated heterocycles. The van der Waals surface area contributed by atoms with E-state index in [1.165, 1.54) is 42.4 Å². The van der Waals surface area contributed by atoms with Gasteiger partial charge in [0.25, 0.3) is 0 Å². The maximum absolute atomic E-state index is 2.24. The van der Waals surface area contributed by atoms with Crippen molar-refractivity contribution in [2.45, 2.75) is 0 Å². The Balaban J connectivity index is 2.30. The van der Waals surface area contributed by atoms with E-state index in [-0.39, 0.29) is 0 Å². The molecule has 1 aliphatic heterocycles. The fourth-order valence-electron chi connectivity index (χ4n) is 3.67. The SMILES string of the molecule is C1=c2ccc3ccccc3c2=c2c(ccc3ccccc23)=C[NH2+]1. The summed E-state index contributed by atoms with van der Waals surface area (Å²) in [7, 11) is 0. The first-order valence-corrected chi connectivity index (χ1v) is 7.97. The predicted molar refractivity (Wildman–Crippen MR) is 95.7 cm³/mol.